The van der Waals surface area contributed by atoms with Crippen molar-refractivity contribution in [1.29, 1.82) is 0 Å². The number of ether oxygens (including phenoxy) is 2. The molecule has 0 bridgehead atoms. The van der Waals surface area contributed by atoms with Crippen LogP contribution in [0.3, 0.4) is 0 Å². The average molecular weight is 306 g/mol. The Bertz CT molecular complexity index is 501. The molecule has 1 heterocycles. The Morgan fingerprint density at radius 2 is 1.91 bits per heavy atom. The molecule has 0 spiro atoms. The summed E-state index contributed by atoms with van der Waals surface area (Å²) in [4.78, 5) is 14.4. The fraction of sp³-hybridized carbons (Fsp3) is 0.588. The highest BCUT2D eigenvalue weighted by molar-refractivity contribution is 5.78. The molecule has 0 fully saturated rings. The van der Waals surface area contributed by atoms with Gasteiger partial charge in [0.15, 0.2) is 11.5 Å². The van der Waals surface area contributed by atoms with E-state index in [9.17, 15) is 4.79 Å². The van der Waals surface area contributed by atoms with Crippen LogP contribution < -0.4 is 14.8 Å². The van der Waals surface area contributed by atoms with Gasteiger partial charge in [0.25, 0.3) is 0 Å². The number of nitrogens with one attached hydrogen (secondary N) is 1. The van der Waals surface area contributed by atoms with Crippen molar-refractivity contribution in [1.82, 2.24) is 10.2 Å². The number of nitrogens with zero attached hydrogens (tertiary/aromatic N) is 1. The van der Waals surface area contributed by atoms with Crippen molar-refractivity contribution >= 4 is 5.91 Å². The molecule has 1 aromatic carbocycles. The number of hydrogen-bond acceptors (Lipinski definition) is 4. The monoisotopic (exact) mass is 306 g/mol. The van der Waals surface area contributed by atoms with Crippen molar-refractivity contribution < 1.29 is 14.3 Å². The van der Waals surface area contributed by atoms with Gasteiger partial charge in [-0.05, 0) is 37.7 Å². The Kier molecular flexibility index (Phi) is 6.07. The minimum atomic E-state index is 0.0377. The molecule has 0 radical (unpaired) electrons. The minimum Gasteiger partial charge on any atom is -0.486 e. The average Bonchev–Trinajstić information content (AvgIpc) is 2.54. The summed E-state index contributed by atoms with van der Waals surface area (Å²) in [6, 6.07) is 6.03. The van der Waals surface area contributed by atoms with Crippen molar-refractivity contribution in [2.75, 3.05) is 32.8 Å². The first-order valence-electron chi connectivity index (χ1n) is 8.03. The molecule has 5 heteroatoms. The van der Waals surface area contributed by atoms with Gasteiger partial charge in [-0.1, -0.05) is 19.9 Å². The molecule has 1 atom stereocenters. The number of benzene rings is 1. The first-order valence-corrected chi connectivity index (χ1v) is 8.03. The van der Waals surface area contributed by atoms with Crippen molar-refractivity contribution in [3.8, 4) is 11.5 Å². The van der Waals surface area contributed by atoms with E-state index in [-0.39, 0.29) is 5.91 Å². The molecule has 0 aliphatic carbocycles. The number of carbonyl (C=O) groups excluding carboxylic acids is 1. The lowest BCUT2D eigenvalue weighted by atomic mass is 10.1. The Morgan fingerprint density at radius 1 is 1.23 bits per heavy atom. The molecule has 122 valence electrons. The highest BCUT2D eigenvalue weighted by atomic mass is 16.6. The van der Waals surface area contributed by atoms with Gasteiger partial charge in [0.05, 0.1) is 6.42 Å². The second-order valence-electron chi connectivity index (χ2n) is 5.53. The Labute approximate surface area is 132 Å². The summed E-state index contributed by atoms with van der Waals surface area (Å²) in [5.74, 6) is 1.52. The maximum Gasteiger partial charge on any atom is 0.224 e. The van der Waals surface area contributed by atoms with Gasteiger partial charge in [-0.25, -0.2) is 0 Å². The number of hydrogen-bond donors (Lipinski definition) is 1. The molecule has 0 saturated heterocycles. The molecule has 0 aromatic heterocycles. The molecule has 22 heavy (non-hydrogen) atoms. The Morgan fingerprint density at radius 3 is 2.59 bits per heavy atom. The fourth-order valence-electron chi connectivity index (χ4n) is 2.68. The molecule has 1 aliphatic rings. The van der Waals surface area contributed by atoms with E-state index in [1.165, 1.54) is 0 Å². The van der Waals surface area contributed by atoms with E-state index in [1.54, 1.807) is 0 Å². The highest BCUT2D eigenvalue weighted by Gasteiger charge is 2.14. The molecule has 1 N–H and O–H groups in total. The summed E-state index contributed by atoms with van der Waals surface area (Å²) < 4.78 is 11.0. The predicted molar refractivity (Wildman–Crippen MR) is 86.5 cm³/mol. The zero-order valence-corrected chi connectivity index (χ0v) is 13.7. The van der Waals surface area contributed by atoms with Crippen molar-refractivity contribution in [2.45, 2.75) is 33.2 Å². The van der Waals surface area contributed by atoms with Gasteiger partial charge < -0.3 is 14.8 Å². The van der Waals surface area contributed by atoms with E-state index in [0.29, 0.717) is 32.2 Å². The third-order valence-electron chi connectivity index (χ3n) is 4.00. The number of likely N-dealkylation sites (N-methyl/N-ethyl adjacent to an activating group) is 1. The quantitative estimate of drug-likeness (QED) is 0.835. The summed E-state index contributed by atoms with van der Waals surface area (Å²) in [7, 11) is 0. The van der Waals surface area contributed by atoms with E-state index < -0.39 is 0 Å². The van der Waals surface area contributed by atoms with Crippen LogP contribution in [0.2, 0.25) is 0 Å². The van der Waals surface area contributed by atoms with Crippen LogP contribution in [0.25, 0.3) is 0 Å². The second kappa shape index (κ2) is 8.03. The smallest absolute Gasteiger partial charge is 0.224 e. The maximum atomic E-state index is 12.1. The number of fused-ring (bicyclic) bond motifs is 1. The van der Waals surface area contributed by atoms with Crippen LogP contribution in [0.1, 0.15) is 26.3 Å². The van der Waals surface area contributed by atoms with Gasteiger partial charge in [0.2, 0.25) is 5.91 Å². The molecule has 0 saturated carbocycles. The van der Waals surface area contributed by atoms with E-state index in [4.69, 9.17) is 9.47 Å². The first kappa shape index (κ1) is 16.6. The SMILES string of the molecule is CCN(CC)C(C)CNC(=O)Cc1ccc2c(c1)OCCO2. The molecule has 1 aromatic rings. The fourth-order valence-corrected chi connectivity index (χ4v) is 2.68. The van der Waals surface area contributed by atoms with Gasteiger partial charge in [0.1, 0.15) is 13.2 Å². The Balaban J connectivity index is 1.84. The Hall–Kier alpha value is -1.75. The summed E-state index contributed by atoms with van der Waals surface area (Å²) >= 11 is 0. The van der Waals surface area contributed by atoms with Gasteiger partial charge >= 0.3 is 0 Å². The zero-order chi connectivity index (χ0) is 15.9. The van der Waals surface area contributed by atoms with Gasteiger partial charge in [-0.3, -0.25) is 9.69 Å². The van der Waals surface area contributed by atoms with E-state index in [0.717, 1.165) is 30.2 Å². The maximum absolute atomic E-state index is 12.1. The van der Waals surface area contributed by atoms with Crippen LogP contribution in [0, 0.1) is 0 Å². The standard InChI is InChI=1S/C17H26N2O3/c1-4-19(5-2)13(3)12-18-17(20)11-14-6-7-15-16(10-14)22-9-8-21-15/h6-7,10,13H,4-5,8-9,11-12H2,1-3H3,(H,18,20). The van der Waals surface area contributed by atoms with E-state index >= 15 is 0 Å². The topological polar surface area (TPSA) is 50.8 Å². The van der Waals surface area contributed by atoms with Crippen LogP contribution in [-0.2, 0) is 11.2 Å². The van der Waals surface area contributed by atoms with E-state index in [1.807, 2.05) is 18.2 Å². The summed E-state index contributed by atoms with van der Waals surface area (Å²) in [5.41, 5.74) is 0.942. The number of amides is 1. The lowest BCUT2D eigenvalue weighted by molar-refractivity contribution is -0.120. The van der Waals surface area contributed by atoms with Crippen LogP contribution in [-0.4, -0.2) is 49.7 Å². The zero-order valence-electron chi connectivity index (χ0n) is 13.7. The lowest BCUT2D eigenvalue weighted by Gasteiger charge is -2.26. The minimum absolute atomic E-state index is 0.0377. The van der Waals surface area contributed by atoms with Crippen LogP contribution >= 0.6 is 0 Å². The molecule has 5 nitrogen and oxygen atoms in total. The molecule has 1 unspecified atom stereocenters. The second-order valence-corrected chi connectivity index (χ2v) is 5.53. The number of carbonyl (C=O) groups is 1. The van der Waals surface area contributed by atoms with E-state index in [2.05, 4.69) is 31.0 Å². The third-order valence-corrected chi connectivity index (χ3v) is 4.00. The summed E-state index contributed by atoms with van der Waals surface area (Å²) in [6.45, 7) is 10.2. The van der Waals surface area contributed by atoms with Crippen LogP contribution in [0.5, 0.6) is 11.5 Å². The number of rotatable bonds is 7. The molecular formula is C17H26N2O3. The van der Waals surface area contributed by atoms with Crippen molar-refractivity contribution in [3.63, 3.8) is 0 Å². The first-order chi connectivity index (χ1) is 10.6. The van der Waals surface area contributed by atoms with Gasteiger partial charge in [-0.15, -0.1) is 0 Å². The molecule has 1 aliphatic heterocycles. The third kappa shape index (κ3) is 4.37. The van der Waals surface area contributed by atoms with Gasteiger partial charge in [-0.2, -0.15) is 0 Å². The van der Waals surface area contributed by atoms with Crippen molar-refractivity contribution in [2.24, 2.45) is 0 Å². The largest absolute Gasteiger partial charge is 0.486 e. The molecule has 1 amide bonds. The van der Waals surface area contributed by atoms with Crippen LogP contribution in [0.15, 0.2) is 18.2 Å². The summed E-state index contributed by atoms with van der Waals surface area (Å²) in [6.07, 6.45) is 0.363. The lowest BCUT2D eigenvalue weighted by Crippen LogP contribution is -2.42. The summed E-state index contributed by atoms with van der Waals surface area (Å²) in [5, 5.41) is 3.01. The molecule has 2 rings (SSSR count). The highest BCUT2D eigenvalue weighted by Crippen LogP contribution is 2.30. The van der Waals surface area contributed by atoms with Gasteiger partial charge in [0, 0.05) is 12.6 Å². The predicted octanol–water partition coefficient (Wildman–Crippen LogP) is 1.85. The van der Waals surface area contributed by atoms with Crippen molar-refractivity contribution in [3.05, 3.63) is 23.8 Å². The normalized spacial score (nSPS) is 14.7. The molecular weight excluding hydrogens is 280 g/mol. The van der Waals surface area contributed by atoms with Crippen LogP contribution in [0.4, 0.5) is 0 Å².